The summed E-state index contributed by atoms with van der Waals surface area (Å²) < 4.78 is 0. The van der Waals surface area contributed by atoms with E-state index in [-0.39, 0.29) is 5.91 Å². The van der Waals surface area contributed by atoms with Gasteiger partial charge >= 0.3 is 0 Å². The molecule has 0 saturated carbocycles. The lowest BCUT2D eigenvalue weighted by atomic mass is 10.2. The van der Waals surface area contributed by atoms with Crippen molar-refractivity contribution >= 4 is 17.2 Å². The zero-order chi connectivity index (χ0) is 12.7. The van der Waals surface area contributed by atoms with E-state index in [0.717, 1.165) is 19.5 Å². The number of nitrogens with one attached hydrogen (secondary N) is 1. The molecule has 3 nitrogen and oxygen atoms in total. The third kappa shape index (κ3) is 4.13. The number of thiophene rings is 1. The van der Waals surface area contributed by atoms with Gasteiger partial charge in [0.05, 0.1) is 6.54 Å². The molecule has 0 fully saturated rings. The van der Waals surface area contributed by atoms with Crippen molar-refractivity contribution in [2.45, 2.75) is 33.2 Å². The largest absolute Gasteiger partial charge is 0.342 e. The first-order valence-corrected chi connectivity index (χ1v) is 7.15. The normalized spacial score (nSPS) is 12.4. The van der Waals surface area contributed by atoms with Crippen molar-refractivity contribution in [3.63, 3.8) is 0 Å². The maximum absolute atomic E-state index is 11.9. The lowest BCUT2D eigenvalue weighted by Gasteiger charge is -2.21. The van der Waals surface area contributed by atoms with Crippen LogP contribution in [0.5, 0.6) is 0 Å². The molecule has 1 N–H and O–H groups in total. The minimum absolute atomic E-state index is 0.185. The van der Waals surface area contributed by atoms with Crippen molar-refractivity contribution in [2.24, 2.45) is 0 Å². The van der Waals surface area contributed by atoms with Crippen LogP contribution in [-0.2, 0) is 4.79 Å². The summed E-state index contributed by atoms with van der Waals surface area (Å²) in [6, 6.07) is 4.47. The van der Waals surface area contributed by atoms with Crippen molar-refractivity contribution < 1.29 is 4.79 Å². The van der Waals surface area contributed by atoms with E-state index in [1.54, 1.807) is 11.3 Å². The molecule has 1 rings (SSSR count). The summed E-state index contributed by atoms with van der Waals surface area (Å²) in [5.41, 5.74) is 0. The van der Waals surface area contributed by atoms with Gasteiger partial charge in [-0.2, -0.15) is 0 Å². The SMILES string of the molecule is CCC(NCC(=O)N(CC)CC)c1cccs1. The van der Waals surface area contributed by atoms with Crippen molar-refractivity contribution in [2.75, 3.05) is 19.6 Å². The van der Waals surface area contributed by atoms with Gasteiger partial charge in [0.1, 0.15) is 0 Å². The Balaban J connectivity index is 2.46. The Bertz CT molecular complexity index is 320. The van der Waals surface area contributed by atoms with Gasteiger partial charge in [0.2, 0.25) is 5.91 Å². The second-order valence-corrected chi connectivity index (χ2v) is 4.90. The van der Waals surface area contributed by atoms with Crippen molar-refractivity contribution in [1.82, 2.24) is 10.2 Å². The standard InChI is InChI=1S/C13H22N2OS/c1-4-11(12-8-7-9-17-12)14-10-13(16)15(5-2)6-3/h7-9,11,14H,4-6,10H2,1-3H3. The van der Waals surface area contributed by atoms with Crippen LogP contribution in [-0.4, -0.2) is 30.4 Å². The fourth-order valence-corrected chi connectivity index (χ4v) is 2.72. The molecule has 96 valence electrons. The quantitative estimate of drug-likeness (QED) is 0.811. The number of hydrogen-bond donors (Lipinski definition) is 1. The maximum atomic E-state index is 11.9. The molecule has 1 unspecified atom stereocenters. The monoisotopic (exact) mass is 254 g/mol. The van der Waals surface area contributed by atoms with Crippen LogP contribution < -0.4 is 5.32 Å². The number of likely N-dealkylation sites (N-methyl/N-ethyl adjacent to an activating group) is 1. The highest BCUT2D eigenvalue weighted by Gasteiger charge is 2.14. The highest BCUT2D eigenvalue weighted by Crippen LogP contribution is 2.21. The van der Waals surface area contributed by atoms with Gasteiger partial charge in [-0.25, -0.2) is 0 Å². The van der Waals surface area contributed by atoms with Crippen molar-refractivity contribution in [1.29, 1.82) is 0 Å². The van der Waals surface area contributed by atoms with Gasteiger partial charge in [0.25, 0.3) is 0 Å². The Kier molecular flexibility index (Phi) is 6.22. The highest BCUT2D eigenvalue weighted by molar-refractivity contribution is 7.10. The lowest BCUT2D eigenvalue weighted by molar-refractivity contribution is -0.130. The van der Waals surface area contributed by atoms with E-state index in [0.29, 0.717) is 12.6 Å². The number of nitrogens with zero attached hydrogens (tertiary/aromatic N) is 1. The molecular weight excluding hydrogens is 232 g/mol. The molecule has 1 aromatic heterocycles. The summed E-state index contributed by atoms with van der Waals surface area (Å²) in [4.78, 5) is 15.0. The summed E-state index contributed by atoms with van der Waals surface area (Å²) in [5, 5.41) is 5.42. The molecule has 0 radical (unpaired) electrons. The van der Waals surface area contributed by atoms with Crippen LogP contribution in [0, 0.1) is 0 Å². The van der Waals surface area contributed by atoms with Gasteiger partial charge in [-0.1, -0.05) is 13.0 Å². The Labute approximate surface area is 108 Å². The van der Waals surface area contributed by atoms with Gasteiger partial charge in [-0.3, -0.25) is 4.79 Å². The highest BCUT2D eigenvalue weighted by atomic mass is 32.1. The first kappa shape index (κ1) is 14.2. The van der Waals surface area contributed by atoms with Crippen molar-refractivity contribution in [3.8, 4) is 0 Å². The maximum Gasteiger partial charge on any atom is 0.236 e. The van der Waals surface area contributed by atoms with Gasteiger partial charge in [0.15, 0.2) is 0 Å². The molecule has 0 aliphatic rings. The third-order valence-corrected chi connectivity index (χ3v) is 3.90. The molecule has 0 bridgehead atoms. The van der Waals surface area contributed by atoms with Crippen LogP contribution in [0.2, 0.25) is 0 Å². The second-order valence-electron chi connectivity index (χ2n) is 3.92. The molecule has 0 saturated heterocycles. The molecule has 0 aliphatic heterocycles. The first-order chi connectivity index (χ1) is 8.22. The van der Waals surface area contributed by atoms with Gasteiger partial charge < -0.3 is 10.2 Å². The van der Waals surface area contributed by atoms with Gasteiger partial charge in [0, 0.05) is 24.0 Å². The summed E-state index contributed by atoms with van der Waals surface area (Å²) in [7, 11) is 0. The Morgan fingerprint density at radius 1 is 1.41 bits per heavy atom. The molecule has 1 aromatic rings. The van der Waals surface area contributed by atoms with E-state index < -0.39 is 0 Å². The number of amides is 1. The zero-order valence-corrected chi connectivity index (χ0v) is 11.7. The fraction of sp³-hybridized carbons (Fsp3) is 0.615. The number of rotatable bonds is 7. The van der Waals surface area contributed by atoms with Crippen LogP contribution in [0.4, 0.5) is 0 Å². The van der Waals surface area contributed by atoms with E-state index in [1.165, 1.54) is 4.88 Å². The van der Waals surface area contributed by atoms with Gasteiger partial charge in [-0.15, -0.1) is 11.3 Å². The van der Waals surface area contributed by atoms with Crippen LogP contribution >= 0.6 is 11.3 Å². The minimum atomic E-state index is 0.185. The van der Waals surface area contributed by atoms with Crippen molar-refractivity contribution in [3.05, 3.63) is 22.4 Å². The Hall–Kier alpha value is -0.870. The molecule has 1 heterocycles. The summed E-state index contributed by atoms with van der Waals surface area (Å²) >= 11 is 1.74. The smallest absolute Gasteiger partial charge is 0.236 e. The van der Waals surface area contributed by atoms with E-state index in [9.17, 15) is 4.79 Å². The first-order valence-electron chi connectivity index (χ1n) is 6.27. The van der Waals surface area contributed by atoms with Crippen LogP contribution in [0.15, 0.2) is 17.5 Å². The number of carbonyl (C=O) groups is 1. The molecule has 17 heavy (non-hydrogen) atoms. The predicted octanol–water partition coefficient (Wildman–Crippen LogP) is 2.66. The molecule has 0 aromatic carbocycles. The second kappa shape index (κ2) is 7.45. The zero-order valence-electron chi connectivity index (χ0n) is 10.9. The fourth-order valence-electron chi connectivity index (χ4n) is 1.83. The van der Waals surface area contributed by atoms with E-state index in [4.69, 9.17) is 0 Å². The molecule has 1 amide bonds. The van der Waals surface area contributed by atoms with E-state index in [2.05, 4.69) is 29.8 Å². The molecule has 0 aliphatic carbocycles. The Morgan fingerprint density at radius 2 is 2.12 bits per heavy atom. The lowest BCUT2D eigenvalue weighted by Crippen LogP contribution is -2.38. The topological polar surface area (TPSA) is 32.3 Å². The summed E-state index contributed by atoms with van der Waals surface area (Å²) in [5.74, 6) is 0.185. The summed E-state index contributed by atoms with van der Waals surface area (Å²) in [6.45, 7) is 8.16. The van der Waals surface area contributed by atoms with E-state index >= 15 is 0 Å². The molecule has 4 heteroatoms. The number of hydrogen-bond acceptors (Lipinski definition) is 3. The van der Waals surface area contributed by atoms with E-state index in [1.807, 2.05) is 18.7 Å². The molecule has 0 spiro atoms. The average Bonchev–Trinajstić information content (AvgIpc) is 2.85. The molecule has 1 atom stereocenters. The summed E-state index contributed by atoms with van der Waals surface area (Å²) in [6.07, 6.45) is 1.01. The van der Waals surface area contributed by atoms with Crippen LogP contribution in [0.25, 0.3) is 0 Å². The third-order valence-electron chi connectivity index (χ3n) is 2.91. The predicted molar refractivity (Wildman–Crippen MR) is 73.3 cm³/mol. The van der Waals surface area contributed by atoms with Gasteiger partial charge in [-0.05, 0) is 31.7 Å². The Morgan fingerprint density at radius 3 is 2.59 bits per heavy atom. The average molecular weight is 254 g/mol. The van der Waals surface area contributed by atoms with Crippen LogP contribution in [0.1, 0.15) is 38.1 Å². The van der Waals surface area contributed by atoms with Crippen LogP contribution in [0.3, 0.4) is 0 Å². The minimum Gasteiger partial charge on any atom is -0.342 e. The number of carbonyl (C=O) groups excluding carboxylic acids is 1. The molecular formula is C13H22N2OS.